The third-order valence-corrected chi connectivity index (χ3v) is 3.37. The maximum Gasteiger partial charge on any atom is 0.192 e. The molecule has 0 spiro atoms. The maximum atomic E-state index is 13.8. The zero-order chi connectivity index (χ0) is 11.7. The van der Waals surface area contributed by atoms with E-state index in [1.807, 2.05) is 6.92 Å². The van der Waals surface area contributed by atoms with E-state index in [9.17, 15) is 8.78 Å². The summed E-state index contributed by atoms with van der Waals surface area (Å²) in [6, 6.07) is 1.22. The first kappa shape index (κ1) is 11.3. The first-order valence-corrected chi connectivity index (χ1v) is 5.80. The molecule has 1 heterocycles. The van der Waals surface area contributed by atoms with Crippen molar-refractivity contribution < 1.29 is 13.5 Å². The standard InChI is InChI=1S/C11H11F2NOS/c1-3-4-8-14-7-5-6(12)10(15-2)9(13)11(7)16-8/h5H,3-4H2,1-2H3. The average molecular weight is 243 g/mol. The molecule has 86 valence electrons. The minimum absolute atomic E-state index is 0.334. The van der Waals surface area contributed by atoms with Crippen LogP contribution in [0.5, 0.6) is 5.75 Å². The molecule has 0 aliphatic rings. The van der Waals surface area contributed by atoms with Crippen LogP contribution in [-0.2, 0) is 6.42 Å². The molecule has 0 atom stereocenters. The number of hydrogen-bond acceptors (Lipinski definition) is 3. The smallest absolute Gasteiger partial charge is 0.192 e. The van der Waals surface area contributed by atoms with E-state index in [1.165, 1.54) is 24.5 Å². The van der Waals surface area contributed by atoms with E-state index in [2.05, 4.69) is 9.72 Å². The van der Waals surface area contributed by atoms with E-state index in [1.54, 1.807) is 0 Å². The average Bonchev–Trinajstić information content (AvgIpc) is 2.62. The minimum atomic E-state index is -0.708. The summed E-state index contributed by atoms with van der Waals surface area (Å²) >= 11 is 1.25. The van der Waals surface area contributed by atoms with Crippen LogP contribution in [0.4, 0.5) is 8.78 Å². The van der Waals surface area contributed by atoms with E-state index < -0.39 is 11.6 Å². The number of ether oxygens (including phenoxy) is 1. The lowest BCUT2D eigenvalue weighted by molar-refractivity contribution is 0.363. The molecule has 1 aromatic heterocycles. The first-order chi connectivity index (χ1) is 7.67. The summed E-state index contributed by atoms with van der Waals surface area (Å²) in [6.07, 6.45) is 1.71. The molecule has 1 aromatic carbocycles. The lowest BCUT2D eigenvalue weighted by Gasteiger charge is -2.02. The predicted octanol–water partition coefficient (Wildman–Crippen LogP) is 3.54. The second-order valence-corrected chi connectivity index (χ2v) is 4.50. The number of halogens is 2. The van der Waals surface area contributed by atoms with Gasteiger partial charge >= 0.3 is 0 Å². The van der Waals surface area contributed by atoms with E-state index in [-0.39, 0.29) is 5.75 Å². The van der Waals surface area contributed by atoms with Gasteiger partial charge in [-0.1, -0.05) is 6.92 Å². The van der Waals surface area contributed by atoms with Crippen molar-refractivity contribution in [3.05, 3.63) is 22.7 Å². The van der Waals surface area contributed by atoms with Gasteiger partial charge in [0.2, 0.25) is 0 Å². The fourth-order valence-electron chi connectivity index (χ4n) is 1.53. The summed E-state index contributed by atoms with van der Waals surface area (Å²) in [4.78, 5) is 4.18. The highest BCUT2D eigenvalue weighted by Crippen LogP contribution is 2.33. The van der Waals surface area contributed by atoms with Crippen molar-refractivity contribution in [2.45, 2.75) is 19.8 Å². The highest BCUT2D eigenvalue weighted by Gasteiger charge is 2.17. The number of aromatic nitrogens is 1. The SMILES string of the molecule is CCCc1nc2cc(F)c(OC)c(F)c2s1. The molecule has 0 bridgehead atoms. The fourth-order valence-corrected chi connectivity index (χ4v) is 2.61. The van der Waals surface area contributed by atoms with Gasteiger partial charge in [0.15, 0.2) is 17.4 Å². The Labute approximate surface area is 95.9 Å². The highest BCUT2D eigenvalue weighted by molar-refractivity contribution is 7.18. The Hall–Kier alpha value is -1.23. The number of benzene rings is 1. The molecule has 0 saturated heterocycles. The Morgan fingerprint density at radius 2 is 2.19 bits per heavy atom. The van der Waals surface area contributed by atoms with Crippen molar-refractivity contribution in [1.29, 1.82) is 0 Å². The molecule has 2 aromatic rings. The van der Waals surface area contributed by atoms with E-state index in [4.69, 9.17) is 0 Å². The molecule has 0 fully saturated rings. The first-order valence-electron chi connectivity index (χ1n) is 4.98. The van der Waals surface area contributed by atoms with Crippen LogP contribution in [0.3, 0.4) is 0 Å². The summed E-state index contributed by atoms with van der Waals surface area (Å²) < 4.78 is 32.2. The summed E-state index contributed by atoms with van der Waals surface area (Å²) in [6.45, 7) is 2.02. The number of aryl methyl sites for hydroxylation is 1. The topological polar surface area (TPSA) is 22.1 Å². The van der Waals surface area contributed by atoms with Crippen LogP contribution < -0.4 is 4.74 Å². The molecular weight excluding hydrogens is 232 g/mol. The molecule has 2 nitrogen and oxygen atoms in total. The van der Waals surface area contributed by atoms with Gasteiger partial charge in [-0.05, 0) is 12.8 Å². The Morgan fingerprint density at radius 3 is 2.81 bits per heavy atom. The van der Waals surface area contributed by atoms with Crippen molar-refractivity contribution in [3.63, 3.8) is 0 Å². The second-order valence-electron chi connectivity index (χ2n) is 3.41. The van der Waals surface area contributed by atoms with E-state index >= 15 is 0 Å². The largest absolute Gasteiger partial charge is 0.491 e. The van der Waals surface area contributed by atoms with E-state index in [0.29, 0.717) is 10.2 Å². The number of fused-ring (bicyclic) bond motifs is 1. The van der Waals surface area contributed by atoms with Gasteiger partial charge in [0.05, 0.1) is 22.3 Å². The highest BCUT2D eigenvalue weighted by atomic mass is 32.1. The van der Waals surface area contributed by atoms with Crippen LogP contribution >= 0.6 is 11.3 Å². The molecule has 2 rings (SSSR count). The molecule has 5 heteroatoms. The van der Waals surface area contributed by atoms with Crippen LogP contribution in [0.25, 0.3) is 10.2 Å². The van der Waals surface area contributed by atoms with Crippen LogP contribution in [0, 0.1) is 11.6 Å². The number of thiazole rings is 1. The lowest BCUT2D eigenvalue weighted by Crippen LogP contribution is -1.92. The van der Waals surface area contributed by atoms with Gasteiger partial charge in [0.1, 0.15) is 0 Å². The number of nitrogens with zero attached hydrogens (tertiary/aromatic N) is 1. The molecule has 0 unspecified atom stereocenters. The van der Waals surface area contributed by atoms with E-state index in [0.717, 1.165) is 17.8 Å². The molecule has 0 aliphatic carbocycles. The molecule has 0 N–H and O–H groups in total. The van der Waals surface area contributed by atoms with Gasteiger partial charge in [0, 0.05) is 6.07 Å². The third kappa shape index (κ3) is 1.75. The Kier molecular flexibility index (Phi) is 3.05. The molecule has 0 aliphatic heterocycles. The van der Waals surface area contributed by atoms with Gasteiger partial charge in [-0.15, -0.1) is 11.3 Å². The van der Waals surface area contributed by atoms with Crippen molar-refractivity contribution in [2.24, 2.45) is 0 Å². The zero-order valence-electron chi connectivity index (χ0n) is 9.01. The zero-order valence-corrected chi connectivity index (χ0v) is 9.83. The Balaban J connectivity index is 2.63. The fraction of sp³-hybridized carbons (Fsp3) is 0.364. The summed E-state index contributed by atoms with van der Waals surface area (Å²) in [5.74, 6) is -1.70. The van der Waals surface area contributed by atoms with Gasteiger partial charge in [0.25, 0.3) is 0 Å². The second kappa shape index (κ2) is 4.33. The Bertz CT molecular complexity index is 524. The predicted molar refractivity (Wildman–Crippen MR) is 60.1 cm³/mol. The molecule has 0 amide bonds. The van der Waals surface area contributed by atoms with Gasteiger partial charge < -0.3 is 4.74 Å². The molecule has 0 radical (unpaired) electrons. The number of hydrogen-bond donors (Lipinski definition) is 0. The van der Waals surface area contributed by atoms with Gasteiger partial charge in [-0.25, -0.2) is 13.8 Å². The lowest BCUT2D eigenvalue weighted by atomic mass is 10.3. The summed E-state index contributed by atoms with van der Waals surface area (Å²) in [5.41, 5.74) is 0.365. The summed E-state index contributed by atoms with van der Waals surface area (Å²) in [7, 11) is 1.25. The normalized spacial score (nSPS) is 11.0. The van der Waals surface area contributed by atoms with Crippen molar-refractivity contribution >= 4 is 21.6 Å². The quantitative estimate of drug-likeness (QED) is 0.822. The van der Waals surface area contributed by atoms with Crippen LogP contribution in [0.15, 0.2) is 6.07 Å². The van der Waals surface area contributed by atoms with Crippen molar-refractivity contribution in [3.8, 4) is 5.75 Å². The molecular formula is C11H11F2NOS. The van der Waals surface area contributed by atoms with Gasteiger partial charge in [-0.3, -0.25) is 0 Å². The minimum Gasteiger partial charge on any atom is -0.491 e. The maximum absolute atomic E-state index is 13.8. The molecule has 0 saturated carbocycles. The van der Waals surface area contributed by atoms with Crippen molar-refractivity contribution in [1.82, 2.24) is 4.98 Å². The van der Waals surface area contributed by atoms with Crippen LogP contribution in [0.2, 0.25) is 0 Å². The van der Waals surface area contributed by atoms with Crippen molar-refractivity contribution in [2.75, 3.05) is 7.11 Å². The number of rotatable bonds is 3. The Morgan fingerprint density at radius 1 is 1.44 bits per heavy atom. The summed E-state index contributed by atoms with van der Waals surface area (Å²) in [5, 5.41) is 0.823. The van der Waals surface area contributed by atoms with Crippen LogP contribution in [-0.4, -0.2) is 12.1 Å². The third-order valence-electron chi connectivity index (χ3n) is 2.24. The van der Waals surface area contributed by atoms with Gasteiger partial charge in [-0.2, -0.15) is 0 Å². The monoisotopic (exact) mass is 243 g/mol. The number of methoxy groups -OCH3 is 1. The van der Waals surface area contributed by atoms with Crippen LogP contribution in [0.1, 0.15) is 18.4 Å². The molecule has 16 heavy (non-hydrogen) atoms.